The maximum absolute atomic E-state index is 11.7. The van der Waals surface area contributed by atoms with E-state index < -0.39 is 0 Å². The highest BCUT2D eigenvalue weighted by molar-refractivity contribution is 5.94. The molecule has 0 bridgehead atoms. The van der Waals surface area contributed by atoms with Crippen molar-refractivity contribution in [2.45, 2.75) is 26.4 Å². The number of ether oxygens (including phenoxy) is 2. The van der Waals surface area contributed by atoms with Gasteiger partial charge in [-0.3, -0.25) is 4.99 Å². The molecule has 8 nitrogen and oxygen atoms in total. The average Bonchev–Trinajstić information content (AvgIpc) is 2.71. The van der Waals surface area contributed by atoms with Crippen LogP contribution in [0.5, 0.6) is 11.5 Å². The van der Waals surface area contributed by atoms with Crippen molar-refractivity contribution in [2.24, 2.45) is 4.99 Å². The Labute approximate surface area is 171 Å². The molecule has 29 heavy (non-hydrogen) atoms. The van der Waals surface area contributed by atoms with Gasteiger partial charge in [-0.15, -0.1) is 0 Å². The van der Waals surface area contributed by atoms with E-state index in [0.717, 1.165) is 16.9 Å². The van der Waals surface area contributed by atoms with Crippen molar-refractivity contribution in [1.29, 1.82) is 0 Å². The summed E-state index contributed by atoms with van der Waals surface area (Å²) in [5.74, 6) is 1.92. The summed E-state index contributed by atoms with van der Waals surface area (Å²) >= 11 is 0. The first-order valence-electron chi connectivity index (χ1n) is 9.31. The highest BCUT2D eigenvalue weighted by Gasteiger charge is 2.07. The highest BCUT2D eigenvalue weighted by Crippen LogP contribution is 2.29. The number of hydrogen-bond donors (Lipinski definition) is 4. The molecule has 156 valence electrons. The molecule has 0 atom stereocenters. The Morgan fingerprint density at radius 2 is 1.62 bits per heavy atom. The summed E-state index contributed by atoms with van der Waals surface area (Å²) in [6, 6.07) is 13.0. The van der Waals surface area contributed by atoms with Crippen molar-refractivity contribution < 1.29 is 14.3 Å². The zero-order valence-electron chi connectivity index (χ0n) is 17.5. The lowest BCUT2D eigenvalue weighted by Crippen LogP contribution is -2.34. The minimum Gasteiger partial charge on any atom is -0.493 e. The molecule has 0 aliphatic rings. The molecular weight excluding hydrogens is 370 g/mol. The third-order valence-electron chi connectivity index (χ3n) is 3.96. The van der Waals surface area contributed by atoms with Crippen molar-refractivity contribution in [3.05, 3.63) is 48.0 Å². The molecule has 0 radical (unpaired) electrons. The Morgan fingerprint density at radius 3 is 2.21 bits per heavy atom. The van der Waals surface area contributed by atoms with Gasteiger partial charge in [0.05, 0.1) is 14.2 Å². The zero-order chi connectivity index (χ0) is 21.2. The number of nitrogens with zero attached hydrogens (tertiary/aromatic N) is 1. The molecular formula is C21H29N5O3. The van der Waals surface area contributed by atoms with Gasteiger partial charge in [0, 0.05) is 37.1 Å². The van der Waals surface area contributed by atoms with E-state index in [2.05, 4.69) is 26.3 Å². The lowest BCUT2D eigenvalue weighted by Gasteiger charge is -2.14. The van der Waals surface area contributed by atoms with E-state index in [4.69, 9.17) is 9.47 Å². The van der Waals surface area contributed by atoms with Crippen molar-refractivity contribution in [1.82, 2.24) is 10.6 Å². The fourth-order valence-corrected chi connectivity index (χ4v) is 2.55. The number of urea groups is 1. The maximum Gasteiger partial charge on any atom is 0.319 e. The van der Waals surface area contributed by atoms with E-state index in [1.54, 1.807) is 21.3 Å². The van der Waals surface area contributed by atoms with Crippen LogP contribution in [-0.4, -0.2) is 39.3 Å². The fourth-order valence-electron chi connectivity index (χ4n) is 2.55. The summed E-state index contributed by atoms with van der Waals surface area (Å²) in [4.78, 5) is 16.0. The second kappa shape index (κ2) is 10.8. The summed E-state index contributed by atoms with van der Waals surface area (Å²) < 4.78 is 10.6. The molecule has 0 unspecified atom stereocenters. The van der Waals surface area contributed by atoms with E-state index in [1.807, 2.05) is 56.3 Å². The van der Waals surface area contributed by atoms with E-state index in [0.29, 0.717) is 24.0 Å². The van der Waals surface area contributed by atoms with Crippen LogP contribution < -0.4 is 30.7 Å². The SMILES string of the molecule is CN=C(NCc1ccc(NC(=O)NC(C)C)cc1)Nc1ccc(OC)c(OC)c1. The fraction of sp³-hybridized carbons (Fsp3) is 0.333. The molecule has 0 heterocycles. The number of anilines is 2. The predicted molar refractivity (Wildman–Crippen MR) is 117 cm³/mol. The van der Waals surface area contributed by atoms with Gasteiger partial charge in [-0.1, -0.05) is 12.1 Å². The highest BCUT2D eigenvalue weighted by atomic mass is 16.5. The maximum atomic E-state index is 11.7. The minimum absolute atomic E-state index is 0.0865. The Hall–Kier alpha value is -3.42. The van der Waals surface area contributed by atoms with Crippen LogP contribution in [0.1, 0.15) is 19.4 Å². The average molecular weight is 399 g/mol. The van der Waals surface area contributed by atoms with Crippen LogP contribution in [-0.2, 0) is 6.54 Å². The Bertz CT molecular complexity index is 835. The standard InChI is InChI=1S/C21H29N5O3/c1-14(2)24-21(27)26-16-8-6-15(7-9-16)13-23-20(22-3)25-17-10-11-18(28-4)19(12-17)29-5/h6-12,14H,13H2,1-5H3,(H2,22,23,25)(H2,24,26,27). The van der Waals surface area contributed by atoms with E-state index in [-0.39, 0.29) is 12.1 Å². The first-order valence-corrected chi connectivity index (χ1v) is 9.31. The van der Waals surface area contributed by atoms with Gasteiger partial charge in [-0.05, 0) is 43.7 Å². The summed E-state index contributed by atoms with van der Waals surface area (Å²) in [6.45, 7) is 4.40. The third kappa shape index (κ3) is 6.91. The van der Waals surface area contributed by atoms with Crippen LogP contribution >= 0.6 is 0 Å². The van der Waals surface area contributed by atoms with Gasteiger partial charge < -0.3 is 30.7 Å². The molecule has 0 saturated carbocycles. The summed E-state index contributed by atoms with van der Waals surface area (Å²) in [7, 11) is 4.90. The molecule has 0 aliphatic heterocycles. The van der Waals surface area contributed by atoms with Crippen molar-refractivity contribution in [3.63, 3.8) is 0 Å². The molecule has 2 aromatic rings. The molecule has 0 spiro atoms. The van der Waals surface area contributed by atoms with E-state index in [1.165, 1.54) is 0 Å². The molecule has 2 aromatic carbocycles. The number of methoxy groups -OCH3 is 2. The monoisotopic (exact) mass is 399 g/mol. The number of carbonyl (C=O) groups excluding carboxylic acids is 1. The molecule has 4 N–H and O–H groups in total. The molecule has 0 aliphatic carbocycles. The van der Waals surface area contributed by atoms with Crippen molar-refractivity contribution in [3.8, 4) is 11.5 Å². The Kier molecular flexibility index (Phi) is 8.14. The second-order valence-corrected chi connectivity index (χ2v) is 6.57. The number of guanidine groups is 1. The number of aliphatic imine (C=N–C) groups is 1. The summed E-state index contributed by atoms with van der Waals surface area (Å²) in [5, 5.41) is 12.1. The third-order valence-corrected chi connectivity index (χ3v) is 3.96. The van der Waals surface area contributed by atoms with Crippen molar-refractivity contribution >= 4 is 23.4 Å². The Balaban J connectivity index is 1.91. The predicted octanol–water partition coefficient (Wildman–Crippen LogP) is 3.42. The first kappa shape index (κ1) is 21.9. The number of amides is 2. The van der Waals surface area contributed by atoms with Crippen molar-refractivity contribution in [2.75, 3.05) is 31.9 Å². The molecule has 2 amide bonds. The van der Waals surface area contributed by atoms with Crippen LogP contribution in [0.2, 0.25) is 0 Å². The summed E-state index contributed by atoms with van der Waals surface area (Å²) in [6.07, 6.45) is 0. The van der Waals surface area contributed by atoms with E-state index in [9.17, 15) is 4.79 Å². The van der Waals surface area contributed by atoms with Crippen LogP contribution in [0.15, 0.2) is 47.5 Å². The smallest absolute Gasteiger partial charge is 0.319 e. The first-order chi connectivity index (χ1) is 13.9. The normalized spacial score (nSPS) is 11.0. The molecule has 8 heteroatoms. The number of hydrogen-bond acceptors (Lipinski definition) is 4. The Morgan fingerprint density at radius 1 is 0.966 bits per heavy atom. The minimum atomic E-state index is -0.217. The van der Waals surface area contributed by atoms with Gasteiger partial charge in [0.15, 0.2) is 17.5 Å². The topological polar surface area (TPSA) is 96.0 Å². The van der Waals surface area contributed by atoms with Gasteiger partial charge in [0.2, 0.25) is 0 Å². The number of carbonyl (C=O) groups is 1. The van der Waals surface area contributed by atoms with Crippen LogP contribution in [0.25, 0.3) is 0 Å². The number of nitrogens with one attached hydrogen (secondary N) is 4. The second-order valence-electron chi connectivity index (χ2n) is 6.57. The molecule has 0 saturated heterocycles. The number of rotatable bonds is 7. The lowest BCUT2D eigenvalue weighted by molar-refractivity contribution is 0.250. The van der Waals surface area contributed by atoms with Gasteiger partial charge in [-0.2, -0.15) is 0 Å². The van der Waals surface area contributed by atoms with Gasteiger partial charge >= 0.3 is 6.03 Å². The van der Waals surface area contributed by atoms with E-state index >= 15 is 0 Å². The molecule has 0 fully saturated rings. The van der Waals surface area contributed by atoms with Gasteiger partial charge in [0.25, 0.3) is 0 Å². The number of benzene rings is 2. The van der Waals surface area contributed by atoms with Gasteiger partial charge in [-0.25, -0.2) is 4.79 Å². The van der Waals surface area contributed by atoms with Crippen LogP contribution in [0, 0.1) is 0 Å². The quantitative estimate of drug-likeness (QED) is 0.423. The molecule has 0 aromatic heterocycles. The van der Waals surface area contributed by atoms with Crippen LogP contribution in [0.4, 0.5) is 16.2 Å². The van der Waals surface area contributed by atoms with Crippen LogP contribution in [0.3, 0.4) is 0 Å². The van der Waals surface area contributed by atoms with Gasteiger partial charge in [0.1, 0.15) is 0 Å². The largest absolute Gasteiger partial charge is 0.493 e. The zero-order valence-corrected chi connectivity index (χ0v) is 17.5. The molecule has 2 rings (SSSR count). The summed E-state index contributed by atoms with van der Waals surface area (Å²) in [5.41, 5.74) is 2.61. The lowest BCUT2D eigenvalue weighted by atomic mass is 10.2.